The van der Waals surface area contributed by atoms with Gasteiger partial charge in [0.15, 0.2) is 0 Å². The molecule has 0 fully saturated rings. The Morgan fingerprint density at radius 2 is 1.86 bits per heavy atom. The van der Waals surface area contributed by atoms with Gasteiger partial charge in [0.2, 0.25) is 0 Å². The van der Waals surface area contributed by atoms with E-state index in [9.17, 15) is 4.39 Å². The molecule has 0 bridgehead atoms. The summed E-state index contributed by atoms with van der Waals surface area (Å²) >= 11 is 6.06. The standard InChI is InChI=1S/C17H19ClFNO/c1-20-16(9-12-3-6-15(19)7-4-12)11-13-10-14(18)5-8-17(13)21-2/h3-8,10,16,20H,9,11H2,1-2H3. The number of ether oxygens (including phenoxy) is 1. The molecule has 0 heterocycles. The summed E-state index contributed by atoms with van der Waals surface area (Å²) in [5.41, 5.74) is 2.16. The molecule has 1 N–H and O–H groups in total. The van der Waals surface area contributed by atoms with Crippen LogP contribution in [0.15, 0.2) is 42.5 Å². The van der Waals surface area contributed by atoms with Crippen LogP contribution >= 0.6 is 11.6 Å². The smallest absolute Gasteiger partial charge is 0.123 e. The summed E-state index contributed by atoms with van der Waals surface area (Å²) in [6.07, 6.45) is 1.60. The maximum Gasteiger partial charge on any atom is 0.123 e. The second kappa shape index (κ2) is 7.43. The zero-order valence-corrected chi connectivity index (χ0v) is 13.0. The van der Waals surface area contributed by atoms with Gasteiger partial charge in [-0.25, -0.2) is 4.39 Å². The molecule has 2 aromatic carbocycles. The van der Waals surface area contributed by atoms with Gasteiger partial charge in [-0.15, -0.1) is 0 Å². The van der Waals surface area contributed by atoms with Gasteiger partial charge in [0.1, 0.15) is 11.6 Å². The van der Waals surface area contributed by atoms with E-state index in [-0.39, 0.29) is 11.9 Å². The van der Waals surface area contributed by atoms with Crippen molar-refractivity contribution in [3.8, 4) is 5.75 Å². The van der Waals surface area contributed by atoms with Crippen LogP contribution in [0.2, 0.25) is 5.02 Å². The van der Waals surface area contributed by atoms with Crippen LogP contribution < -0.4 is 10.1 Å². The molecule has 1 unspecified atom stereocenters. The van der Waals surface area contributed by atoms with Crippen molar-refractivity contribution in [2.24, 2.45) is 0 Å². The average Bonchev–Trinajstić information content (AvgIpc) is 2.49. The summed E-state index contributed by atoms with van der Waals surface area (Å²) in [6.45, 7) is 0. The molecule has 0 radical (unpaired) electrons. The second-order valence-electron chi connectivity index (χ2n) is 4.98. The van der Waals surface area contributed by atoms with Gasteiger partial charge in [-0.2, -0.15) is 0 Å². The highest BCUT2D eigenvalue weighted by Crippen LogP contribution is 2.24. The topological polar surface area (TPSA) is 21.3 Å². The monoisotopic (exact) mass is 307 g/mol. The molecule has 2 nitrogen and oxygen atoms in total. The molecule has 0 aliphatic carbocycles. The van der Waals surface area contributed by atoms with E-state index in [0.29, 0.717) is 5.02 Å². The zero-order chi connectivity index (χ0) is 15.2. The molecule has 2 rings (SSSR count). The van der Waals surface area contributed by atoms with E-state index in [1.165, 1.54) is 12.1 Å². The Labute approximate surface area is 129 Å². The molecule has 1 atom stereocenters. The van der Waals surface area contributed by atoms with Crippen molar-refractivity contribution in [1.82, 2.24) is 5.32 Å². The minimum atomic E-state index is -0.212. The molecule has 0 aromatic heterocycles. The number of hydrogen-bond acceptors (Lipinski definition) is 2. The fourth-order valence-corrected chi connectivity index (χ4v) is 2.55. The van der Waals surface area contributed by atoms with Crippen LogP contribution in [0.25, 0.3) is 0 Å². The number of halogens is 2. The molecule has 0 saturated heterocycles. The van der Waals surface area contributed by atoms with Gasteiger partial charge in [0, 0.05) is 11.1 Å². The predicted molar refractivity (Wildman–Crippen MR) is 84.7 cm³/mol. The molecule has 0 aliphatic rings. The van der Waals surface area contributed by atoms with Crippen molar-refractivity contribution < 1.29 is 9.13 Å². The van der Waals surface area contributed by atoms with Crippen molar-refractivity contribution in [1.29, 1.82) is 0 Å². The normalized spacial score (nSPS) is 12.2. The Morgan fingerprint density at radius 1 is 1.14 bits per heavy atom. The van der Waals surface area contributed by atoms with Crippen LogP contribution in [0.5, 0.6) is 5.75 Å². The Kier molecular flexibility index (Phi) is 5.59. The third kappa shape index (κ3) is 4.45. The number of benzene rings is 2. The lowest BCUT2D eigenvalue weighted by Gasteiger charge is -2.18. The quantitative estimate of drug-likeness (QED) is 0.875. The number of methoxy groups -OCH3 is 1. The molecule has 0 aliphatic heterocycles. The van der Waals surface area contributed by atoms with Gasteiger partial charge < -0.3 is 10.1 Å². The van der Waals surface area contributed by atoms with Gasteiger partial charge in [-0.3, -0.25) is 0 Å². The van der Waals surface area contributed by atoms with Crippen LogP contribution in [0.4, 0.5) is 4.39 Å². The second-order valence-corrected chi connectivity index (χ2v) is 5.41. The number of hydrogen-bond donors (Lipinski definition) is 1. The van der Waals surface area contributed by atoms with E-state index < -0.39 is 0 Å². The van der Waals surface area contributed by atoms with Gasteiger partial charge in [0.05, 0.1) is 7.11 Å². The van der Waals surface area contributed by atoms with Crippen molar-refractivity contribution in [3.63, 3.8) is 0 Å². The molecule has 4 heteroatoms. The summed E-state index contributed by atoms with van der Waals surface area (Å²) in [6, 6.07) is 12.5. The first kappa shape index (κ1) is 15.8. The van der Waals surface area contributed by atoms with Crippen molar-refractivity contribution >= 4 is 11.6 Å². The van der Waals surface area contributed by atoms with Crippen LogP contribution in [-0.2, 0) is 12.8 Å². The first-order valence-electron chi connectivity index (χ1n) is 6.86. The Bertz CT molecular complexity index is 586. The lowest BCUT2D eigenvalue weighted by atomic mass is 9.98. The third-order valence-corrected chi connectivity index (χ3v) is 3.75. The Balaban J connectivity index is 2.11. The Morgan fingerprint density at radius 3 is 2.48 bits per heavy atom. The minimum absolute atomic E-state index is 0.212. The molecule has 21 heavy (non-hydrogen) atoms. The maximum absolute atomic E-state index is 12.9. The van der Waals surface area contributed by atoms with Crippen LogP contribution in [0.3, 0.4) is 0 Å². The maximum atomic E-state index is 12.9. The van der Waals surface area contributed by atoms with Crippen molar-refractivity contribution in [2.75, 3.05) is 14.2 Å². The molecule has 112 valence electrons. The summed E-state index contributed by atoms with van der Waals surface area (Å²) in [7, 11) is 3.58. The van der Waals surface area contributed by atoms with Crippen LogP contribution in [0, 0.1) is 5.82 Å². The first-order valence-corrected chi connectivity index (χ1v) is 7.24. The molecule has 0 amide bonds. The van der Waals surface area contributed by atoms with E-state index >= 15 is 0 Å². The van der Waals surface area contributed by atoms with E-state index in [1.54, 1.807) is 7.11 Å². The summed E-state index contributed by atoms with van der Waals surface area (Å²) in [4.78, 5) is 0. The highest BCUT2D eigenvalue weighted by molar-refractivity contribution is 6.30. The highest BCUT2D eigenvalue weighted by atomic mass is 35.5. The van der Waals surface area contributed by atoms with E-state index in [4.69, 9.17) is 16.3 Å². The zero-order valence-electron chi connectivity index (χ0n) is 12.2. The average molecular weight is 308 g/mol. The molecule has 2 aromatic rings. The van der Waals surface area contributed by atoms with E-state index in [0.717, 1.165) is 29.7 Å². The van der Waals surface area contributed by atoms with Gasteiger partial charge in [-0.1, -0.05) is 23.7 Å². The summed E-state index contributed by atoms with van der Waals surface area (Å²) in [5.74, 6) is 0.620. The molecular weight excluding hydrogens is 289 g/mol. The number of nitrogens with one attached hydrogen (secondary N) is 1. The van der Waals surface area contributed by atoms with E-state index in [1.807, 2.05) is 37.4 Å². The van der Waals surface area contributed by atoms with Crippen LogP contribution in [-0.4, -0.2) is 20.2 Å². The fourth-order valence-electron chi connectivity index (χ4n) is 2.35. The predicted octanol–water partition coefficient (Wildman–Crippen LogP) is 3.86. The fraction of sp³-hybridized carbons (Fsp3) is 0.294. The number of likely N-dealkylation sites (N-methyl/N-ethyl adjacent to an activating group) is 1. The molecule has 0 spiro atoms. The molecular formula is C17H19ClFNO. The van der Waals surface area contributed by atoms with Gasteiger partial charge >= 0.3 is 0 Å². The van der Waals surface area contributed by atoms with Crippen molar-refractivity contribution in [2.45, 2.75) is 18.9 Å². The SMILES string of the molecule is CNC(Cc1ccc(F)cc1)Cc1cc(Cl)ccc1OC. The lowest BCUT2D eigenvalue weighted by molar-refractivity contribution is 0.406. The highest BCUT2D eigenvalue weighted by Gasteiger charge is 2.12. The van der Waals surface area contributed by atoms with E-state index in [2.05, 4.69) is 5.32 Å². The summed E-state index contributed by atoms with van der Waals surface area (Å²) in [5, 5.41) is 3.99. The van der Waals surface area contributed by atoms with Gasteiger partial charge in [0.25, 0.3) is 0 Å². The van der Waals surface area contributed by atoms with Crippen LogP contribution in [0.1, 0.15) is 11.1 Å². The Hall–Kier alpha value is -1.58. The first-order chi connectivity index (χ1) is 10.1. The van der Waals surface area contributed by atoms with Gasteiger partial charge in [-0.05, 0) is 61.3 Å². The number of rotatable bonds is 6. The summed E-state index contributed by atoms with van der Waals surface area (Å²) < 4.78 is 18.3. The lowest BCUT2D eigenvalue weighted by Crippen LogP contribution is -2.30. The largest absolute Gasteiger partial charge is 0.496 e. The van der Waals surface area contributed by atoms with Crippen molar-refractivity contribution in [3.05, 3.63) is 64.4 Å². The molecule has 0 saturated carbocycles. The minimum Gasteiger partial charge on any atom is -0.496 e. The third-order valence-electron chi connectivity index (χ3n) is 3.51.